The van der Waals surface area contributed by atoms with E-state index in [0.717, 1.165) is 19.3 Å². The Labute approximate surface area is 117 Å². The van der Waals surface area contributed by atoms with Crippen molar-refractivity contribution in [1.29, 1.82) is 0 Å². The first-order chi connectivity index (χ1) is 9.51. The van der Waals surface area contributed by atoms with Gasteiger partial charge in [-0.1, -0.05) is 19.8 Å². The molecule has 0 fully saturated rings. The number of carbonyl (C=O) groups excluding carboxylic acids is 1. The van der Waals surface area contributed by atoms with E-state index in [9.17, 15) is 14.9 Å². The molecule has 108 valence electrons. The van der Waals surface area contributed by atoms with Crippen LogP contribution in [-0.4, -0.2) is 16.9 Å². The van der Waals surface area contributed by atoms with E-state index in [-0.39, 0.29) is 24.1 Å². The van der Waals surface area contributed by atoms with E-state index in [1.807, 2.05) is 6.92 Å². The molecule has 6 nitrogen and oxygen atoms in total. The fraction of sp³-hybridized carbons (Fsp3) is 0.500. The van der Waals surface area contributed by atoms with Crippen LogP contribution in [0.3, 0.4) is 0 Å². The maximum Gasteiger partial charge on any atom is 0.292 e. The van der Waals surface area contributed by atoms with Crippen LogP contribution in [0.15, 0.2) is 12.1 Å². The van der Waals surface area contributed by atoms with Crippen LogP contribution in [-0.2, 0) is 11.2 Å². The molecule has 0 spiro atoms. The van der Waals surface area contributed by atoms with E-state index >= 15 is 0 Å². The summed E-state index contributed by atoms with van der Waals surface area (Å²) in [4.78, 5) is 22.1. The summed E-state index contributed by atoms with van der Waals surface area (Å²) in [6.07, 6.45) is 3.33. The smallest absolute Gasteiger partial charge is 0.292 e. The molecule has 20 heavy (non-hydrogen) atoms. The summed E-state index contributed by atoms with van der Waals surface area (Å²) < 4.78 is 0. The summed E-state index contributed by atoms with van der Waals surface area (Å²) in [6, 6.07) is 3.31. The van der Waals surface area contributed by atoms with Crippen LogP contribution >= 0.6 is 0 Å². The summed E-state index contributed by atoms with van der Waals surface area (Å²) in [6.45, 7) is 4.12. The molecule has 1 aliphatic heterocycles. The number of benzene rings is 1. The minimum atomic E-state index is -0.405. The maximum absolute atomic E-state index is 11.4. The van der Waals surface area contributed by atoms with Gasteiger partial charge in [0.2, 0.25) is 5.91 Å². The van der Waals surface area contributed by atoms with Crippen molar-refractivity contribution in [3.8, 4) is 0 Å². The molecule has 2 N–H and O–H groups in total. The Kier molecular flexibility index (Phi) is 4.22. The van der Waals surface area contributed by atoms with Crippen LogP contribution in [0.5, 0.6) is 0 Å². The third-order valence-corrected chi connectivity index (χ3v) is 3.44. The molecule has 0 saturated carbocycles. The molecule has 0 aliphatic carbocycles. The third kappa shape index (κ3) is 3.07. The lowest BCUT2D eigenvalue weighted by Crippen LogP contribution is -2.16. The first-order valence-electron chi connectivity index (χ1n) is 6.89. The first-order valence-corrected chi connectivity index (χ1v) is 6.89. The summed E-state index contributed by atoms with van der Waals surface area (Å²) in [7, 11) is 0. The van der Waals surface area contributed by atoms with Crippen molar-refractivity contribution in [2.24, 2.45) is 0 Å². The highest BCUT2D eigenvalue weighted by Gasteiger charge is 2.25. The fourth-order valence-electron chi connectivity index (χ4n) is 2.38. The van der Waals surface area contributed by atoms with Gasteiger partial charge in [0, 0.05) is 17.8 Å². The van der Waals surface area contributed by atoms with Crippen molar-refractivity contribution in [3.05, 3.63) is 27.8 Å². The van der Waals surface area contributed by atoms with Crippen LogP contribution in [0.1, 0.15) is 38.7 Å². The van der Waals surface area contributed by atoms with E-state index in [1.165, 1.54) is 6.07 Å². The standard InChI is InChI=1S/C14H19N3O3/c1-3-4-5-9(2)15-12-8-11-10(7-14(18)16-11)6-13(12)17(19)20/h6,8-9,15H,3-5,7H2,1-2H3,(H,16,18). The Bertz CT molecular complexity index is 543. The van der Waals surface area contributed by atoms with E-state index < -0.39 is 4.92 Å². The average molecular weight is 277 g/mol. The fourth-order valence-corrected chi connectivity index (χ4v) is 2.38. The molecule has 1 aromatic rings. The molecular formula is C14H19N3O3. The van der Waals surface area contributed by atoms with Gasteiger partial charge in [-0.25, -0.2) is 0 Å². The highest BCUT2D eigenvalue weighted by molar-refractivity contribution is 6.00. The Hall–Kier alpha value is -2.11. The highest BCUT2D eigenvalue weighted by atomic mass is 16.6. The van der Waals surface area contributed by atoms with Gasteiger partial charge >= 0.3 is 0 Å². The van der Waals surface area contributed by atoms with Crippen LogP contribution in [0.25, 0.3) is 0 Å². The van der Waals surface area contributed by atoms with Gasteiger partial charge in [-0.15, -0.1) is 0 Å². The maximum atomic E-state index is 11.4. The van der Waals surface area contributed by atoms with Crippen LogP contribution < -0.4 is 10.6 Å². The molecule has 1 unspecified atom stereocenters. The Morgan fingerprint density at radius 2 is 2.25 bits per heavy atom. The number of anilines is 2. The van der Waals surface area contributed by atoms with Gasteiger partial charge < -0.3 is 10.6 Å². The van der Waals surface area contributed by atoms with Crippen molar-refractivity contribution in [1.82, 2.24) is 0 Å². The van der Waals surface area contributed by atoms with Gasteiger partial charge in [0.25, 0.3) is 5.69 Å². The number of nitrogens with zero attached hydrogens (tertiary/aromatic N) is 1. The van der Waals surface area contributed by atoms with Gasteiger partial charge in [-0.05, 0) is 25.0 Å². The highest BCUT2D eigenvalue weighted by Crippen LogP contribution is 2.35. The predicted octanol–water partition coefficient (Wildman–Crippen LogP) is 3.08. The molecule has 1 amide bonds. The van der Waals surface area contributed by atoms with E-state index in [4.69, 9.17) is 0 Å². The average Bonchev–Trinajstić information content (AvgIpc) is 2.74. The molecule has 6 heteroatoms. The van der Waals surface area contributed by atoms with E-state index in [2.05, 4.69) is 17.6 Å². The Balaban J connectivity index is 2.25. The van der Waals surface area contributed by atoms with Crippen LogP contribution in [0.4, 0.5) is 17.1 Å². The van der Waals surface area contributed by atoms with Gasteiger partial charge in [0.05, 0.1) is 11.3 Å². The van der Waals surface area contributed by atoms with E-state index in [1.54, 1.807) is 6.07 Å². The quantitative estimate of drug-likeness (QED) is 0.618. The normalized spacial score (nSPS) is 14.6. The predicted molar refractivity (Wildman–Crippen MR) is 78.0 cm³/mol. The lowest BCUT2D eigenvalue weighted by molar-refractivity contribution is -0.384. The lowest BCUT2D eigenvalue weighted by atomic mass is 10.1. The first kappa shape index (κ1) is 14.3. The number of unbranched alkanes of at least 4 members (excludes halogenated alkanes) is 1. The van der Waals surface area contributed by atoms with E-state index in [0.29, 0.717) is 16.9 Å². The summed E-state index contributed by atoms with van der Waals surface area (Å²) in [5.41, 5.74) is 1.86. The molecule has 1 aliphatic rings. The molecule has 1 atom stereocenters. The SMILES string of the molecule is CCCCC(C)Nc1cc2c(cc1[N+](=O)[O-])CC(=O)N2. The topological polar surface area (TPSA) is 84.3 Å². The third-order valence-electron chi connectivity index (χ3n) is 3.44. The number of carbonyl (C=O) groups is 1. The molecule has 0 bridgehead atoms. The summed E-state index contributed by atoms with van der Waals surface area (Å²) >= 11 is 0. The Morgan fingerprint density at radius 1 is 1.50 bits per heavy atom. The van der Waals surface area contributed by atoms with Gasteiger partial charge in [0.15, 0.2) is 0 Å². The lowest BCUT2D eigenvalue weighted by Gasteiger charge is -2.15. The van der Waals surface area contributed by atoms with Crippen LogP contribution in [0.2, 0.25) is 0 Å². The van der Waals surface area contributed by atoms with Crippen molar-refractivity contribution in [2.75, 3.05) is 10.6 Å². The molecule has 2 rings (SSSR count). The second kappa shape index (κ2) is 5.90. The molecule has 0 saturated heterocycles. The number of nitro groups is 1. The van der Waals surface area contributed by atoms with Gasteiger partial charge in [-0.3, -0.25) is 14.9 Å². The minimum absolute atomic E-state index is 0.0311. The number of amides is 1. The van der Waals surface area contributed by atoms with Gasteiger partial charge in [-0.2, -0.15) is 0 Å². The molecule has 0 aromatic heterocycles. The number of nitro benzene ring substituents is 1. The van der Waals surface area contributed by atoms with Crippen molar-refractivity contribution in [3.63, 3.8) is 0 Å². The zero-order chi connectivity index (χ0) is 14.7. The number of fused-ring (bicyclic) bond motifs is 1. The van der Waals surface area contributed by atoms with Crippen molar-refractivity contribution < 1.29 is 9.72 Å². The second-order valence-electron chi connectivity index (χ2n) is 5.20. The molecule has 1 heterocycles. The second-order valence-corrected chi connectivity index (χ2v) is 5.20. The number of rotatable bonds is 6. The van der Waals surface area contributed by atoms with Crippen molar-refractivity contribution in [2.45, 2.75) is 45.6 Å². The molecule has 0 radical (unpaired) electrons. The largest absolute Gasteiger partial charge is 0.377 e. The summed E-state index contributed by atoms with van der Waals surface area (Å²) in [5.74, 6) is -0.120. The molecule has 1 aromatic carbocycles. The number of hydrogen-bond donors (Lipinski definition) is 2. The zero-order valence-electron chi connectivity index (χ0n) is 11.7. The van der Waals surface area contributed by atoms with Gasteiger partial charge in [0.1, 0.15) is 5.69 Å². The van der Waals surface area contributed by atoms with Crippen LogP contribution in [0, 0.1) is 10.1 Å². The number of nitrogens with one attached hydrogen (secondary N) is 2. The molecular weight excluding hydrogens is 258 g/mol. The van der Waals surface area contributed by atoms with Crippen molar-refractivity contribution >= 4 is 23.0 Å². The minimum Gasteiger partial charge on any atom is -0.377 e. The Morgan fingerprint density at radius 3 is 2.90 bits per heavy atom. The monoisotopic (exact) mass is 277 g/mol. The zero-order valence-corrected chi connectivity index (χ0v) is 11.7. The number of hydrogen-bond acceptors (Lipinski definition) is 4. The summed E-state index contributed by atoms with van der Waals surface area (Å²) in [5, 5.41) is 17.1.